The zero-order valence-corrected chi connectivity index (χ0v) is 18.3. The fraction of sp³-hybridized carbons (Fsp3) is 0.250. The molecule has 0 radical (unpaired) electrons. The lowest BCUT2D eigenvalue weighted by atomic mass is 9.85. The highest BCUT2D eigenvalue weighted by molar-refractivity contribution is 8.00. The number of rotatable bonds is 6. The third-order valence-corrected chi connectivity index (χ3v) is 6.59. The normalized spacial score (nSPS) is 19.6. The molecular formula is C24H22N2O5S. The van der Waals surface area contributed by atoms with Crippen LogP contribution in [0.4, 0.5) is 11.4 Å². The second kappa shape index (κ2) is 9.40. The van der Waals surface area contributed by atoms with Crippen LogP contribution in [0.15, 0.2) is 65.6 Å². The lowest BCUT2D eigenvalue weighted by Crippen LogP contribution is -2.30. The van der Waals surface area contributed by atoms with E-state index in [0.717, 1.165) is 4.90 Å². The smallest absolute Gasteiger partial charge is 0.339 e. The number of amides is 3. The predicted octanol–water partition coefficient (Wildman–Crippen LogP) is 3.66. The first-order valence-electron chi connectivity index (χ1n) is 10.2. The maximum Gasteiger partial charge on any atom is 0.339 e. The number of hydrogen-bond donors (Lipinski definition) is 1. The number of carbonyl (C=O) groups is 4. The summed E-state index contributed by atoms with van der Waals surface area (Å²) in [4.78, 5) is 51.7. The zero-order chi connectivity index (χ0) is 22.7. The van der Waals surface area contributed by atoms with Gasteiger partial charge in [0.2, 0.25) is 17.7 Å². The third-order valence-electron chi connectivity index (χ3n) is 5.58. The number of esters is 1. The summed E-state index contributed by atoms with van der Waals surface area (Å²) in [5, 5.41) is 2.73. The first-order chi connectivity index (χ1) is 15.5. The van der Waals surface area contributed by atoms with Crippen molar-refractivity contribution in [2.24, 2.45) is 11.8 Å². The summed E-state index contributed by atoms with van der Waals surface area (Å²) in [5.41, 5.74) is 1.23. The van der Waals surface area contributed by atoms with Gasteiger partial charge in [-0.15, -0.1) is 11.8 Å². The first kappa shape index (κ1) is 21.8. The Hall–Kier alpha value is -3.39. The summed E-state index contributed by atoms with van der Waals surface area (Å²) in [6.45, 7) is 0. The lowest BCUT2D eigenvalue weighted by Gasteiger charge is -2.15. The second-order valence-electron chi connectivity index (χ2n) is 7.54. The molecule has 2 atom stereocenters. The molecule has 1 saturated heterocycles. The minimum absolute atomic E-state index is 0.131. The minimum atomic E-state index is -0.522. The SMILES string of the molecule is COC(=O)c1ccccc1NC(=O)CSc1ccc(N2C(=O)[C@H]3CC=CC[C@@H]3C2=O)cc1. The number of allylic oxidation sites excluding steroid dienone is 2. The van der Waals surface area contributed by atoms with Crippen LogP contribution in [0.2, 0.25) is 0 Å². The topological polar surface area (TPSA) is 92.8 Å². The predicted molar refractivity (Wildman–Crippen MR) is 121 cm³/mol. The van der Waals surface area contributed by atoms with Gasteiger partial charge >= 0.3 is 5.97 Å². The Bertz CT molecular complexity index is 1070. The van der Waals surface area contributed by atoms with Crippen molar-refractivity contribution in [1.29, 1.82) is 0 Å². The molecular weight excluding hydrogens is 428 g/mol. The molecule has 1 N–H and O–H groups in total. The van der Waals surface area contributed by atoms with Gasteiger partial charge in [0.15, 0.2) is 0 Å². The van der Waals surface area contributed by atoms with Crippen LogP contribution in [0.5, 0.6) is 0 Å². The fourth-order valence-corrected chi connectivity index (χ4v) is 4.66. The maximum atomic E-state index is 12.7. The summed E-state index contributed by atoms with van der Waals surface area (Å²) < 4.78 is 4.74. The molecule has 1 heterocycles. The molecule has 4 rings (SSSR count). The van der Waals surface area contributed by atoms with Gasteiger partial charge in [-0.2, -0.15) is 0 Å². The van der Waals surface area contributed by atoms with Crippen molar-refractivity contribution < 1.29 is 23.9 Å². The number of carbonyl (C=O) groups excluding carboxylic acids is 4. The molecule has 3 amide bonds. The highest BCUT2D eigenvalue weighted by Gasteiger charge is 2.47. The van der Waals surface area contributed by atoms with E-state index in [1.165, 1.54) is 23.8 Å². The number of para-hydroxylation sites is 1. The average Bonchev–Trinajstić information content (AvgIpc) is 3.08. The highest BCUT2D eigenvalue weighted by Crippen LogP contribution is 2.38. The molecule has 0 spiro atoms. The van der Waals surface area contributed by atoms with Crippen LogP contribution in [0.3, 0.4) is 0 Å². The van der Waals surface area contributed by atoms with Gasteiger partial charge in [0, 0.05) is 4.90 Å². The molecule has 1 aliphatic carbocycles. The number of nitrogens with one attached hydrogen (secondary N) is 1. The van der Waals surface area contributed by atoms with E-state index in [9.17, 15) is 19.2 Å². The van der Waals surface area contributed by atoms with Crippen LogP contribution in [0.1, 0.15) is 23.2 Å². The van der Waals surface area contributed by atoms with Gasteiger partial charge in [-0.05, 0) is 49.2 Å². The summed E-state index contributed by atoms with van der Waals surface area (Å²) in [7, 11) is 1.29. The molecule has 2 aromatic carbocycles. The van der Waals surface area contributed by atoms with E-state index < -0.39 is 5.97 Å². The van der Waals surface area contributed by atoms with Crippen molar-refractivity contribution in [3.63, 3.8) is 0 Å². The van der Waals surface area contributed by atoms with Crippen molar-refractivity contribution in [1.82, 2.24) is 0 Å². The quantitative estimate of drug-likeness (QED) is 0.313. The van der Waals surface area contributed by atoms with E-state index in [0.29, 0.717) is 24.2 Å². The van der Waals surface area contributed by atoms with Crippen molar-refractivity contribution in [3.8, 4) is 0 Å². The summed E-state index contributed by atoms with van der Waals surface area (Å²) >= 11 is 1.31. The monoisotopic (exact) mass is 450 g/mol. The molecule has 1 aliphatic heterocycles. The van der Waals surface area contributed by atoms with Crippen LogP contribution in [0.25, 0.3) is 0 Å². The van der Waals surface area contributed by atoms with Crippen LogP contribution >= 0.6 is 11.8 Å². The zero-order valence-electron chi connectivity index (χ0n) is 17.4. The number of imide groups is 1. The average molecular weight is 451 g/mol. The number of thioether (sulfide) groups is 1. The molecule has 1 fully saturated rings. The first-order valence-corrected chi connectivity index (χ1v) is 11.2. The number of benzene rings is 2. The van der Waals surface area contributed by atoms with Gasteiger partial charge in [0.1, 0.15) is 0 Å². The Kier molecular flexibility index (Phi) is 6.41. The molecule has 32 heavy (non-hydrogen) atoms. The van der Waals surface area contributed by atoms with Crippen LogP contribution < -0.4 is 10.2 Å². The van der Waals surface area contributed by atoms with Gasteiger partial charge < -0.3 is 10.1 Å². The van der Waals surface area contributed by atoms with E-state index in [1.54, 1.807) is 48.5 Å². The van der Waals surface area contributed by atoms with Crippen molar-refractivity contribution in [3.05, 3.63) is 66.2 Å². The fourth-order valence-electron chi connectivity index (χ4n) is 3.96. The number of hydrogen-bond acceptors (Lipinski definition) is 6. The molecule has 164 valence electrons. The van der Waals surface area contributed by atoms with Gasteiger partial charge in [-0.3, -0.25) is 19.3 Å². The molecule has 2 aromatic rings. The van der Waals surface area contributed by atoms with Crippen LogP contribution in [-0.4, -0.2) is 36.6 Å². The Morgan fingerprint density at radius 1 is 1.00 bits per heavy atom. The van der Waals surface area contributed by atoms with Crippen molar-refractivity contribution in [2.75, 3.05) is 23.1 Å². The van der Waals surface area contributed by atoms with Gasteiger partial charge in [-0.25, -0.2) is 4.79 Å². The largest absolute Gasteiger partial charge is 0.465 e. The van der Waals surface area contributed by atoms with E-state index in [2.05, 4.69) is 5.32 Å². The van der Waals surface area contributed by atoms with Crippen LogP contribution in [-0.2, 0) is 19.1 Å². The van der Waals surface area contributed by atoms with E-state index in [1.807, 2.05) is 12.2 Å². The molecule has 2 aliphatic rings. The standard InChI is InChI=1S/C24H22N2O5S/c1-31-24(30)19-8-4-5-9-20(19)25-21(27)14-32-16-12-10-15(11-13-16)26-22(28)17-6-2-3-7-18(17)23(26)29/h2-5,8-13,17-18H,6-7,14H2,1H3,(H,25,27)/t17-,18-/m0/s1. The van der Waals surface area contributed by atoms with Crippen molar-refractivity contribution >= 4 is 46.8 Å². The van der Waals surface area contributed by atoms with Gasteiger partial charge in [0.25, 0.3) is 0 Å². The lowest BCUT2D eigenvalue weighted by molar-refractivity contribution is -0.122. The summed E-state index contributed by atoms with van der Waals surface area (Å²) in [5.74, 6) is -1.48. The minimum Gasteiger partial charge on any atom is -0.465 e. The molecule has 0 aromatic heterocycles. The number of methoxy groups -OCH3 is 1. The Morgan fingerprint density at radius 2 is 1.62 bits per heavy atom. The van der Waals surface area contributed by atoms with Gasteiger partial charge in [-0.1, -0.05) is 24.3 Å². The molecule has 0 bridgehead atoms. The van der Waals surface area contributed by atoms with Crippen molar-refractivity contribution in [2.45, 2.75) is 17.7 Å². The molecule has 8 heteroatoms. The molecule has 0 unspecified atom stereocenters. The van der Waals surface area contributed by atoms with E-state index in [-0.39, 0.29) is 40.9 Å². The maximum absolute atomic E-state index is 12.7. The van der Waals surface area contributed by atoms with Gasteiger partial charge in [0.05, 0.1) is 41.6 Å². The molecule has 0 saturated carbocycles. The number of ether oxygens (including phenoxy) is 1. The Labute approximate surface area is 189 Å². The van der Waals surface area contributed by atoms with E-state index >= 15 is 0 Å². The Morgan fingerprint density at radius 3 is 2.25 bits per heavy atom. The highest BCUT2D eigenvalue weighted by atomic mass is 32.2. The third kappa shape index (κ3) is 4.31. The number of nitrogens with zero attached hydrogens (tertiary/aromatic N) is 1. The summed E-state index contributed by atoms with van der Waals surface area (Å²) in [6.07, 6.45) is 5.14. The Balaban J connectivity index is 1.37. The second-order valence-corrected chi connectivity index (χ2v) is 8.58. The number of fused-ring (bicyclic) bond motifs is 1. The van der Waals surface area contributed by atoms with E-state index in [4.69, 9.17) is 4.74 Å². The number of anilines is 2. The summed E-state index contributed by atoms with van der Waals surface area (Å²) in [6, 6.07) is 13.7. The molecule has 7 nitrogen and oxygen atoms in total. The van der Waals surface area contributed by atoms with Crippen LogP contribution in [0, 0.1) is 11.8 Å².